The predicted octanol–water partition coefficient (Wildman–Crippen LogP) is 4.05. The van der Waals surface area contributed by atoms with Gasteiger partial charge in [0, 0.05) is 11.1 Å². The molecule has 0 aliphatic heterocycles. The third-order valence-corrected chi connectivity index (χ3v) is 5.73. The summed E-state index contributed by atoms with van der Waals surface area (Å²) in [5, 5.41) is 22.1. The summed E-state index contributed by atoms with van der Waals surface area (Å²) in [5.74, 6) is 0.242. The second-order valence-corrected chi connectivity index (χ2v) is 8.78. The van der Waals surface area contributed by atoms with Crippen LogP contribution < -0.4 is 20.6 Å². The number of hydrazone groups is 1. The van der Waals surface area contributed by atoms with Gasteiger partial charge in [0.15, 0.2) is 5.75 Å². The van der Waals surface area contributed by atoms with Crippen molar-refractivity contribution in [3.8, 4) is 17.7 Å². The number of anilines is 1. The summed E-state index contributed by atoms with van der Waals surface area (Å²) in [7, 11) is 0. The molecule has 0 bridgehead atoms. The molecule has 0 atom stereocenters. The molecular weight excluding hydrogens is 471 g/mol. The maximum Gasteiger partial charge on any atom is 0.349 e. The Labute approximate surface area is 199 Å². The average Bonchev–Trinajstić information content (AvgIpc) is 2.75. The molecule has 0 saturated heterocycles. The first-order chi connectivity index (χ1) is 15.6. The van der Waals surface area contributed by atoms with E-state index in [0.717, 1.165) is 17.9 Å². The third kappa shape index (κ3) is 4.99. The van der Waals surface area contributed by atoms with Gasteiger partial charge in [-0.15, -0.1) is 5.10 Å². The number of nitrogens with one attached hydrogen (secondary N) is 2. The molecule has 10 nitrogen and oxygen atoms in total. The first-order valence-corrected chi connectivity index (χ1v) is 10.6. The molecule has 2 aromatic rings. The highest BCUT2D eigenvalue weighted by Crippen LogP contribution is 2.43. The molecule has 0 saturated carbocycles. The van der Waals surface area contributed by atoms with Crippen molar-refractivity contribution in [1.82, 2.24) is 15.5 Å². The molecule has 0 fully saturated rings. The standard InChI is InChI=1S/C21H20Cl2N6O4/c1-11(9-24)28-29(20(32)25-10-30)12-7-14(22)17(15(23)8-12)33-19-13-5-4-6-21(2,3)16(13)18(31)26-27-19/h7-8,10H,4-6H2,1-3H3,(H,26,31)(H,25,30,32)/b28-11+. The maximum atomic E-state index is 12.4. The molecule has 0 radical (unpaired) electrons. The molecule has 1 aromatic heterocycles. The maximum absolute atomic E-state index is 12.4. The number of hydrogen-bond acceptors (Lipinski definition) is 7. The second kappa shape index (κ2) is 9.60. The number of nitriles is 1. The van der Waals surface area contributed by atoms with Gasteiger partial charge in [-0.2, -0.15) is 15.4 Å². The summed E-state index contributed by atoms with van der Waals surface area (Å²) in [5.41, 5.74) is 0.729. The van der Waals surface area contributed by atoms with Crippen LogP contribution in [-0.2, 0) is 16.6 Å². The topological polar surface area (TPSA) is 141 Å². The zero-order valence-corrected chi connectivity index (χ0v) is 19.5. The zero-order chi connectivity index (χ0) is 24.3. The van der Waals surface area contributed by atoms with E-state index in [0.29, 0.717) is 17.5 Å². The van der Waals surface area contributed by atoms with Crippen LogP contribution >= 0.6 is 23.2 Å². The quantitative estimate of drug-likeness (QED) is 0.367. The third-order valence-electron chi connectivity index (χ3n) is 5.16. The highest BCUT2D eigenvalue weighted by molar-refractivity contribution is 6.37. The van der Waals surface area contributed by atoms with Crippen LogP contribution in [0.25, 0.3) is 0 Å². The van der Waals surface area contributed by atoms with Crippen LogP contribution in [0.2, 0.25) is 10.0 Å². The van der Waals surface area contributed by atoms with Gasteiger partial charge in [-0.05, 0) is 43.7 Å². The van der Waals surface area contributed by atoms with Gasteiger partial charge in [-0.1, -0.05) is 37.0 Å². The number of imide groups is 1. The normalized spacial score (nSPS) is 14.6. The minimum absolute atomic E-state index is 0.0167. The van der Waals surface area contributed by atoms with E-state index in [9.17, 15) is 14.4 Å². The fourth-order valence-corrected chi connectivity index (χ4v) is 4.25. The molecule has 3 rings (SSSR count). The van der Waals surface area contributed by atoms with Crippen LogP contribution in [0.1, 0.15) is 44.7 Å². The monoisotopic (exact) mass is 490 g/mol. The van der Waals surface area contributed by atoms with E-state index in [-0.39, 0.29) is 50.5 Å². The van der Waals surface area contributed by atoms with Gasteiger partial charge in [0.25, 0.3) is 5.56 Å². The van der Waals surface area contributed by atoms with Crippen molar-refractivity contribution < 1.29 is 14.3 Å². The summed E-state index contributed by atoms with van der Waals surface area (Å²) < 4.78 is 5.92. The van der Waals surface area contributed by atoms with E-state index in [1.807, 2.05) is 19.2 Å². The first kappa shape index (κ1) is 24.2. The van der Waals surface area contributed by atoms with Crippen LogP contribution in [-0.4, -0.2) is 28.4 Å². The number of H-pyrrole nitrogens is 1. The number of halogens is 2. The molecule has 1 aliphatic carbocycles. The lowest BCUT2D eigenvalue weighted by molar-refractivity contribution is -0.108. The minimum atomic E-state index is -0.918. The van der Waals surface area contributed by atoms with E-state index in [1.54, 1.807) is 6.07 Å². The molecular formula is C21H20Cl2N6O4. The Morgan fingerprint density at radius 2 is 2.06 bits per heavy atom. The second-order valence-electron chi connectivity index (χ2n) is 7.97. The number of carbonyl (C=O) groups excluding carboxylic acids is 2. The Bertz CT molecular complexity index is 1230. The number of aromatic nitrogens is 2. The summed E-state index contributed by atoms with van der Waals surface area (Å²) in [6.45, 7) is 5.36. The summed E-state index contributed by atoms with van der Waals surface area (Å²) in [6.07, 6.45) is 2.50. The van der Waals surface area contributed by atoms with E-state index in [4.69, 9.17) is 33.2 Å². The molecule has 1 heterocycles. The largest absolute Gasteiger partial charge is 0.434 e. The fourth-order valence-electron chi connectivity index (χ4n) is 3.70. The number of ether oxygens (including phenoxy) is 1. The summed E-state index contributed by atoms with van der Waals surface area (Å²) in [6, 6.07) is 3.54. The number of benzene rings is 1. The van der Waals surface area contributed by atoms with Crippen molar-refractivity contribution in [1.29, 1.82) is 5.26 Å². The average molecular weight is 491 g/mol. The van der Waals surface area contributed by atoms with Crippen molar-refractivity contribution in [2.75, 3.05) is 5.01 Å². The smallest absolute Gasteiger partial charge is 0.349 e. The highest BCUT2D eigenvalue weighted by atomic mass is 35.5. The molecule has 3 amide bonds. The van der Waals surface area contributed by atoms with Gasteiger partial charge in [-0.25, -0.2) is 9.89 Å². The van der Waals surface area contributed by atoms with Gasteiger partial charge < -0.3 is 4.74 Å². The van der Waals surface area contributed by atoms with Crippen LogP contribution in [0.3, 0.4) is 0 Å². The van der Waals surface area contributed by atoms with Gasteiger partial charge in [0.05, 0.1) is 15.7 Å². The number of aromatic amines is 1. The molecule has 0 spiro atoms. The lowest BCUT2D eigenvalue weighted by Crippen LogP contribution is -2.36. The van der Waals surface area contributed by atoms with E-state index in [2.05, 4.69) is 15.3 Å². The number of rotatable bonds is 5. The van der Waals surface area contributed by atoms with Crippen LogP contribution in [0.4, 0.5) is 10.5 Å². The Morgan fingerprint density at radius 3 is 2.67 bits per heavy atom. The van der Waals surface area contributed by atoms with Crippen molar-refractivity contribution in [3.05, 3.63) is 43.7 Å². The molecule has 12 heteroatoms. The number of urea groups is 1. The van der Waals surface area contributed by atoms with Gasteiger partial charge in [0.2, 0.25) is 12.3 Å². The van der Waals surface area contributed by atoms with E-state index in [1.165, 1.54) is 19.1 Å². The van der Waals surface area contributed by atoms with Crippen molar-refractivity contribution in [2.45, 2.75) is 45.4 Å². The summed E-state index contributed by atoms with van der Waals surface area (Å²) in [4.78, 5) is 35.4. The molecule has 1 aliphatic rings. The Balaban J connectivity index is 2.05. The van der Waals surface area contributed by atoms with Gasteiger partial charge in [0.1, 0.15) is 11.8 Å². The Morgan fingerprint density at radius 1 is 1.39 bits per heavy atom. The minimum Gasteiger partial charge on any atom is -0.434 e. The van der Waals surface area contributed by atoms with E-state index < -0.39 is 6.03 Å². The SMILES string of the molecule is C/C(C#N)=N\N(C(=O)NC=O)c1cc(Cl)c(Oc2n[nH]c(=O)c3c2CCCC3(C)C)c(Cl)c1. The van der Waals surface area contributed by atoms with Crippen LogP contribution in [0, 0.1) is 11.3 Å². The number of amides is 3. The van der Waals surface area contributed by atoms with Gasteiger partial charge >= 0.3 is 6.03 Å². The number of fused-ring (bicyclic) bond motifs is 1. The Kier molecular flexibility index (Phi) is 7.05. The number of carbonyl (C=O) groups is 2. The van der Waals surface area contributed by atoms with Crippen LogP contribution in [0.15, 0.2) is 22.0 Å². The highest BCUT2D eigenvalue weighted by Gasteiger charge is 2.33. The molecule has 2 N–H and O–H groups in total. The molecule has 33 heavy (non-hydrogen) atoms. The molecule has 0 unspecified atom stereocenters. The fraction of sp³-hybridized carbons (Fsp3) is 0.333. The zero-order valence-electron chi connectivity index (χ0n) is 18.0. The lowest BCUT2D eigenvalue weighted by Gasteiger charge is -2.31. The molecule has 172 valence electrons. The number of nitrogens with zero attached hydrogens (tertiary/aromatic N) is 4. The lowest BCUT2D eigenvalue weighted by atomic mass is 9.74. The Hall–Kier alpha value is -3.42. The van der Waals surface area contributed by atoms with Crippen molar-refractivity contribution in [3.63, 3.8) is 0 Å². The summed E-state index contributed by atoms with van der Waals surface area (Å²) >= 11 is 12.8. The van der Waals surface area contributed by atoms with Crippen LogP contribution in [0.5, 0.6) is 11.6 Å². The predicted molar refractivity (Wildman–Crippen MR) is 123 cm³/mol. The first-order valence-electron chi connectivity index (χ1n) is 9.87. The number of hydrogen-bond donors (Lipinski definition) is 2. The van der Waals surface area contributed by atoms with E-state index >= 15 is 0 Å². The van der Waals surface area contributed by atoms with Crippen molar-refractivity contribution in [2.24, 2.45) is 5.10 Å². The van der Waals surface area contributed by atoms with Crippen molar-refractivity contribution >= 4 is 47.0 Å². The van der Waals surface area contributed by atoms with Gasteiger partial charge in [-0.3, -0.25) is 14.9 Å². The molecule has 1 aromatic carbocycles.